The first-order valence-electron chi connectivity index (χ1n) is 8.35. The van der Waals surface area contributed by atoms with E-state index in [0.29, 0.717) is 13.2 Å². The van der Waals surface area contributed by atoms with Crippen molar-refractivity contribution in [2.45, 2.75) is 32.0 Å². The molecule has 2 aromatic rings. The van der Waals surface area contributed by atoms with E-state index in [9.17, 15) is 4.79 Å². The number of carbonyl (C=O) groups is 1. The number of morpholine rings is 1. The molecule has 0 aliphatic carbocycles. The molecular formula is C17H24N4O2S. The minimum Gasteiger partial charge on any atom is -0.374 e. The van der Waals surface area contributed by atoms with Gasteiger partial charge in [0.1, 0.15) is 0 Å². The number of hydrogen-bond donors (Lipinski definition) is 1. The topological polar surface area (TPSA) is 59.4 Å². The predicted octanol–water partition coefficient (Wildman–Crippen LogP) is 1.39. The van der Waals surface area contributed by atoms with Crippen molar-refractivity contribution in [1.82, 2.24) is 20.0 Å². The lowest BCUT2D eigenvalue weighted by atomic mass is 10.2. The van der Waals surface area contributed by atoms with E-state index in [2.05, 4.69) is 26.8 Å². The van der Waals surface area contributed by atoms with Crippen molar-refractivity contribution in [3.8, 4) is 0 Å². The van der Waals surface area contributed by atoms with Crippen LogP contribution < -0.4 is 5.32 Å². The van der Waals surface area contributed by atoms with Gasteiger partial charge in [0.15, 0.2) is 0 Å². The standard InChI is InChI=1S/C17H24N4O2S/c1-14(17(22)18-7-5-16-4-2-11-24-16)20-9-10-23-15(12-20)13-21-8-3-6-19-21/h2-4,6,8,11,14-15H,5,7,9-10,12-13H2,1H3,(H,18,22). The number of amides is 1. The van der Waals surface area contributed by atoms with Crippen molar-refractivity contribution < 1.29 is 9.53 Å². The summed E-state index contributed by atoms with van der Waals surface area (Å²) in [4.78, 5) is 15.9. The lowest BCUT2D eigenvalue weighted by molar-refractivity contribution is -0.129. The molecule has 1 aliphatic heterocycles. The lowest BCUT2D eigenvalue weighted by Gasteiger charge is -2.36. The lowest BCUT2D eigenvalue weighted by Crippen LogP contribution is -2.53. The first-order chi connectivity index (χ1) is 11.7. The molecule has 2 aromatic heterocycles. The van der Waals surface area contributed by atoms with Gasteiger partial charge in [-0.3, -0.25) is 14.4 Å². The van der Waals surface area contributed by atoms with Crippen LogP contribution in [0.2, 0.25) is 0 Å². The van der Waals surface area contributed by atoms with Crippen molar-refractivity contribution in [2.24, 2.45) is 0 Å². The average Bonchev–Trinajstić information content (AvgIpc) is 3.28. The summed E-state index contributed by atoms with van der Waals surface area (Å²) in [5.41, 5.74) is 0. The van der Waals surface area contributed by atoms with E-state index < -0.39 is 0 Å². The fourth-order valence-corrected chi connectivity index (χ4v) is 3.61. The Bertz CT molecular complexity index is 615. The molecule has 2 atom stereocenters. The summed E-state index contributed by atoms with van der Waals surface area (Å²) >= 11 is 1.73. The van der Waals surface area contributed by atoms with Crippen LogP contribution in [0.25, 0.3) is 0 Å². The molecule has 0 radical (unpaired) electrons. The van der Waals surface area contributed by atoms with Crippen LogP contribution in [0.15, 0.2) is 36.0 Å². The third-order valence-corrected chi connectivity index (χ3v) is 5.23. The van der Waals surface area contributed by atoms with E-state index in [0.717, 1.165) is 26.1 Å². The van der Waals surface area contributed by atoms with Crippen LogP contribution in [-0.4, -0.2) is 59.0 Å². The van der Waals surface area contributed by atoms with Gasteiger partial charge in [-0.05, 0) is 30.9 Å². The molecule has 6 nitrogen and oxygen atoms in total. The fourth-order valence-electron chi connectivity index (χ4n) is 2.90. The van der Waals surface area contributed by atoms with Gasteiger partial charge in [-0.25, -0.2) is 0 Å². The first kappa shape index (κ1) is 17.1. The maximum atomic E-state index is 12.4. The highest BCUT2D eigenvalue weighted by molar-refractivity contribution is 7.09. The Kier molecular flexibility index (Phi) is 6.01. The molecule has 2 unspecified atom stereocenters. The van der Waals surface area contributed by atoms with Crippen LogP contribution in [0.3, 0.4) is 0 Å². The van der Waals surface area contributed by atoms with Gasteiger partial charge in [-0.1, -0.05) is 6.07 Å². The second kappa shape index (κ2) is 8.41. The Morgan fingerprint density at radius 1 is 1.54 bits per heavy atom. The maximum absolute atomic E-state index is 12.4. The molecule has 0 saturated carbocycles. The van der Waals surface area contributed by atoms with Gasteiger partial charge >= 0.3 is 0 Å². The SMILES string of the molecule is CC(C(=O)NCCc1cccs1)N1CCOC(Cn2cccn2)C1. The van der Waals surface area contributed by atoms with Crippen LogP contribution >= 0.6 is 11.3 Å². The Hall–Kier alpha value is -1.70. The molecule has 0 spiro atoms. The highest BCUT2D eigenvalue weighted by Gasteiger charge is 2.28. The zero-order valence-corrected chi connectivity index (χ0v) is 14.7. The fraction of sp³-hybridized carbons (Fsp3) is 0.529. The van der Waals surface area contributed by atoms with Gasteiger partial charge in [-0.15, -0.1) is 11.3 Å². The van der Waals surface area contributed by atoms with Crippen molar-refractivity contribution in [2.75, 3.05) is 26.2 Å². The number of rotatable bonds is 7. The molecule has 0 aromatic carbocycles. The van der Waals surface area contributed by atoms with Crippen LogP contribution in [0.5, 0.6) is 0 Å². The van der Waals surface area contributed by atoms with E-state index >= 15 is 0 Å². The number of thiophene rings is 1. The number of ether oxygens (including phenoxy) is 1. The number of nitrogens with one attached hydrogen (secondary N) is 1. The zero-order valence-electron chi connectivity index (χ0n) is 13.9. The maximum Gasteiger partial charge on any atom is 0.237 e. The monoisotopic (exact) mass is 348 g/mol. The summed E-state index contributed by atoms with van der Waals surface area (Å²) in [6.45, 7) is 5.56. The van der Waals surface area contributed by atoms with Crippen LogP contribution in [0.4, 0.5) is 0 Å². The summed E-state index contributed by atoms with van der Waals surface area (Å²) in [5, 5.41) is 9.33. The molecular weight excluding hydrogens is 324 g/mol. The summed E-state index contributed by atoms with van der Waals surface area (Å²) in [5.74, 6) is 0.0892. The molecule has 1 N–H and O–H groups in total. The van der Waals surface area contributed by atoms with E-state index in [-0.39, 0.29) is 18.1 Å². The van der Waals surface area contributed by atoms with Gasteiger partial charge in [0, 0.05) is 36.9 Å². The molecule has 0 bridgehead atoms. The van der Waals surface area contributed by atoms with Crippen molar-refractivity contribution in [1.29, 1.82) is 0 Å². The van der Waals surface area contributed by atoms with Crippen molar-refractivity contribution in [3.63, 3.8) is 0 Å². The highest BCUT2D eigenvalue weighted by atomic mass is 32.1. The summed E-state index contributed by atoms with van der Waals surface area (Å²) in [6, 6.07) is 5.90. The normalized spacial score (nSPS) is 20.0. The largest absolute Gasteiger partial charge is 0.374 e. The van der Waals surface area contributed by atoms with Gasteiger partial charge in [0.2, 0.25) is 5.91 Å². The van der Waals surface area contributed by atoms with E-state index in [4.69, 9.17) is 4.74 Å². The molecule has 24 heavy (non-hydrogen) atoms. The van der Waals surface area contributed by atoms with E-state index in [1.807, 2.05) is 29.9 Å². The Morgan fingerprint density at radius 3 is 3.21 bits per heavy atom. The number of aromatic nitrogens is 2. The second-order valence-corrected chi connectivity index (χ2v) is 7.04. The van der Waals surface area contributed by atoms with Crippen molar-refractivity contribution >= 4 is 17.2 Å². The molecule has 1 saturated heterocycles. The zero-order chi connectivity index (χ0) is 16.8. The average molecular weight is 348 g/mol. The summed E-state index contributed by atoms with van der Waals surface area (Å²) in [6.07, 6.45) is 4.66. The molecule has 1 fully saturated rings. The minimum absolute atomic E-state index is 0.0695. The number of hydrogen-bond acceptors (Lipinski definition) is 5. The smallest absolute Gasteiger partial charge is 0.237 e. The summed E-state index contributed by atoms with van der Waals surface area (Å²) < 4.78 is 7.68. The number of carbonyl (C=O) groups excluding carboxylic acids is 1. The second-order valence-electron chi connectivity index (χ2n) is 6.01. The molecule has 1 amide bonds. The van der Waals surface area contributed by atoms with Gasteiger partial charge in [0.25, 0.3) is 0 Å². The number of nitrogens with zero attached hydrogens (tertiary/aromatic N) is 3. The van der Waals surface area contributed by atoms with Crippen LogP contribution in [0, 0.1) is 0 Å². The third-order valence-electron chi connectivity index (χ3n) is 4.30. The molecule has 3 rings (SSSR count). The van der Waals surface area contributed by atoms with Crippen molar-refractivity contribution in [3.05, 3.63) is 40.8 Å². The van der Waals surface area contributed by atoms with E-state index in [1.54, 1.807) is 17.5 Å². The van der Waals surface area contributed by atoms with Gasteiger partial charge in [-0.2, -0.15) is 5.10 Å². The molecule has 130 valence electrons. The minimum atomic E-state index is -0.141. The quantitative estimate of drug-likeness (QED) is 0.822. The first-order valence-corrected chi connectivity index (χ1v) is 9.23. The summed E-state index contributed by atoms with van der Waals surface area (Å²) in [7, 11) is 0. The van der Waals surface area contributed by atoms with Gasteiger partial charge < -0.3 is 10.1 Å². The Balaban J connectivity index is 1.44. The Morgan fingerprint density at radius 2 is 2.46 bits per heavy atom. The third kappa shape index (κ3) is 4.66. The Labute approximate surface area is 146 Å². The predicted molar refractivity (Wildman–Crippen MR) is 94.0 cm³/mol. The molecule has 1 aliphatic rings. The van der Waals surface area contributed by atoms with Crippen LogP contribution in [-0.2, 0) is 22.5 Å². The van der Waals surface area contributed by atoms with E-state index in [1.165, 1.54) is 4.88 Å². The highest BCUT2D eigenvalue weighted by Crippen LogP contribution is 2.11. The van der Waals surface area contributed by atoms with Gasteiger partial charge in [0.05, 0.1) is 25.3 Å². The van der Waals surface area contributed by atoms with Crippen LogP contribution in [0.1, 0.15) is 11.8 Å². The molecule has 3 heterocycles. The molecule has 7 heteroatoms.